The lowest BCUT2D eigenvalue weighted by atomic mass is 9.77. The van der Waals surface area contributed by atoms with E-state index >= 15 is 0 Å². The summed E-state index contributed by atoms with van der Waals surface area (Å²) in [6, 6.07) is 0. The molecule has 0 saturated carbocycles. The van der Waals surface area contributed by atoms with Crippen LogP contribution in [-0.4, -0.2) is 35.6 Å². The van der Waals surface area contributed by atoms with Crippen molar-refractivity contribution in [2.45, 2.75) is 44.3 Å². The molecule has 0 amide bonds. The molecule has 0 aromatic carbocycles. The predicted octanol–water partition coefficient (Wildman–Crippen LogP) is 0.935. The van der Waals surface area contributed by atoms with E-state index in [0.717, 1.165) is 25.7 Å². The van der Waals surface area contributed by atoms with Crippen LogP contribution < -0.4 is 0 Å². The fourth-order valence-electron chi connectivity index (χ4n) is 3.02. The Morgan fingerprint density at radius 2 is 1.71 bits per heavy atom. The van der Waals surface area contributed by atoms with E-state index in [1.807, 2.05) is 0 Å². The van der Waals surface area contributed by atoms with Gasteiger partial charge in [0.05, 0.1) is 12.2 Å². The van der Waals surface area contributed by atoms with Gasteiger partial charge in [-0.1, -0.05) is 6.42 Å². The Balaban J connectivity index is 1.84. The second-order valence-corrected chi connectivity index (χ2v) is 4.52. The summed E-state index contributed by atoms with van der Waals surface area (Å²) in [5.74, 6) is 0.915. The standard InChI is InChI=1S/C11H20O3/c12-6-2-1-3-8-9(7-13)11-5-4-10(8)14-11/h8-13H,1-7H2. The normalized spacial score (nSPS) is 40.7. The number of hydrogen-bond acceptors (Lipinski definition) is 3. The smallest absolute Gasteiger partial charge is 0.0633 e. The van der Waals surface area contributed by atoms with Crippen LogP contribution in [0.25, 0.3) is 0 Å². The lowest BCUT2D eigenvalue weighted by Gasteiger charge is -2.26. The SMILES string of the molecule is OCCCCC1C2CCC(O2)C1CO. The molecular weight excluding hydrogens is 180 g/mol. The number of aliphatic hydroxyl groups is 2. The second-order valence-electron chi connectivity index (χ2n) is 4.52. The molecule has 82 valence electrons. The fourth-order valence-corrected chi connectivity index (χ4v) is 3.02. The van der Waals surface area contributed by atoms with Gasteiger partial charge in [-0.3, -0.25) is 0 Å². The highest BCUT2D eigenvalue weighted by molar-refractivity contribution is 4.95. The molecular formula is C11H20O3. The molecule has 2 saturated heterocycles. The lowest BCUT2D eigenvalue weighted by Crippen LogP contribution is -2.29. The molecule has 4 unspecified atom stereocenters. The average molecular weight is 200 g/mol. The molecule has 0 radical (unpaired) electrons. The van der Waals surface area contributed by atoms with Crippen molar-refractivity contribution in [3.05, 3.63) is 0 Å². The highest BCUT2D eigenvalue weighted by atomic mass is 16.5. The maximum absolute atomic E-state index is 9.29. The van der Waals surface area contributed by atoms with Crippen molar-refractivity contribution in [1.29, 1.82) is 0 Å². The summed E-state index contributed by atoms with van der Waals surface area (Å²) in [4.78, 5) is 0. The van der Waals surface area contributed by atoms with Crippen molar-refractivity contribution in [2.75, 3.05) is 13.2 Å². The molecule has 0 aliphatic carbocycles. The zero-order valence-electron chi connectivity index (χ0n) is 8.56. The summed E-state index contributed by atoms with van der Waals surface area (Å²) in [6.07, 6.45) is 6.07. The molecule has 4 atom stereocenters. The van der Waals surface area contributed by atoms with E-state index in [2.05, 4.69) is 0 Å². The third kappa shape index (κ3) is 1.81. The Bertz CT molecular complexity index is 183. The van der Waals surface area contributed by atoms with Gasteiger partial charge in [0.2, 0.25) is 0 Å². The van der Waals surface area contributed by atoms with Crippen LogP contribution in [-0.2, 0) is 4.74 Å². The summed E-state index contributed by atoms with van der Waals surface area (Å²) >= 11 is 0. The first-order chi connectivity index (χ1) is 6.86. The third-order valence-corrected chi connectivity index (χ3v) is 3.75. The van der Waals surface area contributed by atoms with E-state index in [1.54, 1.807) is 0 Å². The van der Waals surface area contributed by atoms with E-state index in [-0.39, 0.29) is 13.2 Å². The number of ether oxygens (including phenoxy) is 1. The molecule has 0 aromatic heterocycles. The monoisotopic (exact) mass is 200 g/mol. The quantitative estimate of drug-likeness (QED) is 0.649. The summed E-state index contributed by atoms with van der Waals surface area (Å²) in [5, 5.41) is 18.0. The van der Waals surface area contributed by atoms with Crippen LogP contribution in [0.3, 0.4) is 0 Å². The molecule has 3 heteroatoms. The van der Waals surface area contributed by atoms with Gasteiger partial charge in [-0.15, -0.1) is 0 Å². The Morgan fingerprint density at radius 1 is 1.00 bits per heavy atom. The van der Waals surface area contributed by atoms with Crippen molar-refractivity contribution in [3.63, 3.8) is 0 Å². The van der Waals surface area contributed by atoms with Gasteiger partial charge in [-0.25, -0.2) is 0 Å². The van der Waals surface area contributed by atoms with Gasteiger partial charge in [-0.05, 0) is 31.6 Å². The van der Waals surface area contributed by atoms with Crippen molar-refractivity contribution in [3.8, 4) is 0 Å². The molecule has 14 heavy (non-hydrogen) atoms. The Morgan fingerprint density at radius 3 is 2.36 bits per heavy atom. The molecule has 3 nitrogen and oxygen atoms in total. The Labute approximate surface area is 85.1 Å². The Hall–Kier alpha value is -0.120. The van der Waals surface area contributed by atoms with E-state index in [1.165, 1.54) is 6.42 Å². The molecule has 2 aliphatic heterocycles. The first-order valence-corrected chi connectivity index (χ1v) is 5.74. The number of rotatable bonds is 5. The maximum atomic E-state index is 9.29. The number of aliphatic hydroxyl groups excluding tert-OH is 2. The Kier molecular flexibility index (Phi) is 3.42. The van der Waals surface area contributed by atoms with E-state index < -0.39 is 0 Å². The van der Waals surface area contributed by atoms with Crippen LogP contribution in [0.1, 0.15) is 32.1 Å². The molecule has 2 aliphatic rings. The zero-order valence-corrected chi connectivity index (χ0v) is 8.56. The minimum Gasteiger partial charge on any atom is -0.396 e. The first kappa shape index (κ1) is 10.4. The number of fused-ring (bicyclic) bond motifs is 2. The van der Waals surface area contributed by atoms with Crippen LogP contribution in [0.15, 0.2) is 0 Å². The maximum Gasteiger partial charge on any atom is 0.0633 e. The van der Waals surface area contributed by atoms with Crippen molar-refractivity contribution < 1.29 is 14.9 Å². The van der Waals surface area contributed by atoms with E-state index in [0.29, 0.717) is 24.0 Å². The molecule has 2 fully saturated rings. The summed E-state index contributed by atoms with van der Waals surface area (Å²) in [7, 11) is 0. The highest BCUT2D eigenvalue weighted by Crippen LogP contribution is 2.45. The summed E-state index contributed by atoms with van der Waals surface area (Å²) in [5.41, 5.74) is 0. The van der Waals surface area contributed by atoms with E-state index in [9.17, 15) is 5.11 Å². The van der Waals surface area contributed by atoms with Crippen LogP contribution in [0, 0.1) is 11.8 Å². The van der Waals surface area contributed by atoms with Gasteiger partial charge in [0.1, 0.15) is 0 Å². The average Bonchev–Trinajstić information content (AvgIpc) is 2.78. The topological polar surface area (TPSA) is 49.7 Å². The fraction of sp³-hybridized carbons (Fsp3) is 1.00. The largest absolute Gasteiger partial charge is 0.396 e. The van der Waals surface area contributed by atoms with Gasteiger partial charge in [0, 0.05) is 19.1 Å². The number of unbranched alkanes of at least 4 members (excludes halogenated alkanes) is 1. The van der Waals surface area contributed by atoms with Crippen molar-refractivity contribution in [2.24, 2.45) is 11.8 Å². The van der Waals surface area contributed by atoms with Gasteiger partial charge in [0.25, 0.3) is 0 Å². The molecule has 0 spiro atoms. The van der Waals surface area contributed by atoms with Crippen LogP contribution in [0.4, 0.5) is 0 Å². The van der Waals surface area contributed by atoms with Crippen molar-refractivity contribution >= 4 is 0 Å². The first-order valence-electron chi connectivity index (χ1n) is 5.74. The summed E-state index contributed by atoms with van der Waals surface area (Å²) < 4.78 is 5.80. The molecule has 0 aromatic rings. The molecule has 2 rings (SSSR count). The number of hydrogen-bond donors (Lipinski definition) is 2. The zero-order chi connectivity index (χ0) is 9.97. The van der Waals surface area contributed by atoms with Crippen LogP contribution >= 0.6 is 0 Å². The highest BCUT2D eigenvalue weighted by Gasteiger charge is 2.47. The predicted molar refractivity (Wildman–Crippen MR) is 52.9 cm³/mol. The molecule has 2 heterocycles. The second kappa shape index (κ2) is 4.60. The van der Waals surface area contributed by atoms with Gasteiger partial charge in [0.15, 0.2) is 0 Å². The summed E-state index contributed by atoms with van der Waals surface area (Å²) in [6.45, 7) is 0.552. The van der Waals surface area contributed by atoms with Gasteiger partial charge < -0.3 is 14.9 Å². The van der Waals surface area contributed by atoms with Gasteiger partial charge in [-0.2, -0.15) is 0 Å². The minimum absolute atomic E-state index is 0.269. The van der Waals surface area contributed by atoms with E-state index in [4.69, 9.17) is 9.84 Å². The van der Waals surface area contributed by atoms with Crippen LogP contribution in [0.2, 0.25) is 0 Å². The third-order valence-electron chi connectivity index (χ3n) is 3.75. The van der Waals surface area contributed by atoms with Gasteiger partial charge >= 0.3 is 0 Å². The molecule has 2 N–H and O–H groups in total. The lowest BCUT2D eigenvalue weighted by molar-refractivity contribution is 0.0784. The van der Waals surface area contributed by atoms with Crippen molar-refractivity contribution in [1.82, 2.24) is 0 Å². The minimum atomic E-state index is 0.269. The van der Waals surface area contributed by atoms with Crippen LogP contribution in [0.5, 0.6) is 0 Å². The molecule has 2 bridgehead atoms.